The molecule has 244 valence electrons. The molecule has 0 spiro atoms. The van der Waals surface area contributed by atoms with Gasteiger partial charge in [-0.15, -0.1) is 0 Å². The normalized spacial score (nSPS) is 25.6. The quantitative estimate of drug-likeness (QED) is 0.177. The zero-order chi connectivity index (χ0) is 32.9. The molecular weight excluding hydrogens is 604 g/mol. The Balaban J connectivity index is 0.907. The summed E-state index contributed by atoms with van der Waals surface area (Å²) in [6.07, 6.45) is 6.38. The Hall–Kier alpha value is -5.12. The van der Waals surface area contributed by atoms with Crippen molar-refractivity contribution in [1.82, 2.24) is 29.7 Å². The van der Waals surface area contributed by atoms with Crippen LogP contribution in [0, 0.1) is 11.8 Å². The molecule has 10 nitrogen and oxygen atoms in total. The summed E-state index contributed by atoms with van der Waals surface area (Å²) in [6.45, 7) is 5.71. The van der Waals surface area contributed by atoms with Crippen molar-refractivity contribution in [2.45, 2.75) is 76.2 Å². The van der Waals surface area contributed by atoms with E-state index >= 15 is 0 Å². The van der Waals surface area contributed by atoms with Gasteiger partial charge in [0.15, 0.2) is 0 Å². The molecule has 0 bridgehead atoms. The molecule has 2 amide bonds. The van der Waals surface area contributed by atoms with Gasteiger partial charge in [0, 0.05) is 23.8 Å². The molecule has 4 aliphatic rings. The summed E-state index contributed by atoms with van der Waals surface area (Å²) in [4.78, 5) is 44.6. The van der Waals surface area contributed by atoms with Crippen LogP contribution >= 0.6 is 0 Å². The van der Waals surface area contributed by atoms with Crippen LogP contribution in [0.25, 0.3) is 44.4 Å². The molecule has 4 heterocycles. The molecule has 48 heavy (non-hydrogen) atoms. The van der Waals surface area contributed by atoms with E-state index in [1.54, 1.807) is 11.1 Å². The second-order valence-corrected chi connectivity index (χ2v) is 14.9. The zero-order valence-electron chi connectivity index (χ0n) is 27.2. The van der Waals surface area contributed by atoms with Crippen molar-refractivity contribution in [2.75, 3.05) is 0 Å². The first-order valence-corrected chi connectivity index (χ1v) is 16.9. The Kier molecular flexibility index (Phi) is 6.32. The average Bonchev–Trinajstić information content (AvgIpc) is 3.65. The summed E-state index contributed by atoms with van der Waals surface area (Å²) < 4.78 is 5.73. The summed E-state index contributed by atoms with van der Waals surface area (Å²) in [6, 6.07) is 21.4. The van der Waals surface area contributed by atoms with Crippen LogP contribution in [0.3, 0.4) is 0 Å². The molecule has 4 fully saturated rings. The summed E-state index contributed by atoms with van der Waals surface area (Å²) in [5, 5.41) is 12.0. The van der Waals surface area contributed by atoms with Crippen LogP contribution in [0.2, 0.25) is 0 Å². The molecule has 6 atom stereocenters. The molecule has 3 aromatic carbocycles. The number of H-pyrrole nitrogens is 2. The predicted octanol–water partition coefficient (Wildman–Crippen LogP) is 8.17. The maximum Gasteiger partial charge on any atom is 0.411 e. The predicted molar refractivity (Wildman–Crippen MR) is 181 cm³/mol. The minimum Gasteiger partial charge on any atom is -0.465 e. The van der Waals surface area contributed by atoms with Crippen molar-refractivity contribution >= 4 is 23.0 Å². The number of carboxylic acid groups (broad SMARTS) is 1. The molecular formula is C38H38N6O4. The molecule has 2 aromatic heterocycles. The maximum absolute atomic E-state index is 13.0. The van der Waals surface area contributed by atoms with Gasteiger partial charge in [-0.25, -0.2) is 19.6 Å². The number of fused-ring (bicyclic) bond motifs is 3. The largest absolute Gasteiger partial charge is 0.465 e. The Bertz CT molecular complexity index is 2080. The van der Waals surface area contributed by atoms with E-state index in [2.05, 4.69) is 75.6 Å². The van der Waals surface area contributed by atoms with E-state index in [1.807, 2.05) is 31.9 Å². The van der Waals surface area contributed by atoms with Crippen LogP contribution in [0.15, 0.2) is 73.1 Å². The van der Waals surface area contributed by atoms with E-state index < -0.39 is 11.7 Å². The van der Waals surface area contributed by atoms with Crippen molar-refractivity contribution in [3.63, 3.8) is 0 Å². The van der Waals surface area contributed by atoms with Crippen molar-refractivity contribution in [3.05, 3.63) is 84.7 Å². The zero-order valence-corrected chi connectivity index (χ0v) is 27.2. The smallest absolute Gasteiger partial charge is 0.411 e. The first-order valence-electron chi connectivity index (χ1n) is 16.9. The van der Waals surface area contributed by atoms with Gasteiger partial charge in [0.2, 0.25) is 0 Å². The number of hydrogen-bond acceptors (Lipinski definition) is 5. The number of nitrogens with zero attached hydrogens (tertiary/aromatic N) is 4. The highest BCUT2D eigenvalue weighted by Crippen LogP contribution is 2.54. The molecule has 2 aliphatic carbocycles. The van der Waals surface area contributed by atoms with Crippen molar-refractivity contribution < 1.29 is 19.4 Å². The third kappa shape index (κ3) is 5.01. The fraction of sp³-hybridized carbons (Fsp3) is 0.368. The topological polar surface area (TPSA) is 127 Å². The highest BCUT2D eigenvalue weighted by atomic mass is 16.6. The number of nitrogens with one attached hydrogen (secondary N) is 2. The van der Waals surface area contributed by atoms with E-state index in [4.69, 9.17) is 9.72 Å². The third-order valence-corrected chi connectivity index (χ3v) is 10.5. The second-order valence-electron chi connectivity index (χ2n) is 14.9. The number of aromatic amines is 2. The van der Waals surface area contributed by atoms with Crippen LogP contribution < -0.4 is 0 Å². The van der Waals surface area contributed by atoms with E-state index in [-0.39, 0.29) is 30.3 Å². The average molecular weight is 643 g/mol. The lowest BCUT2D eigenvalue weighted by Gasteiger charge is -2.29. The monoisotopic (exact) mass is 642 g/mol. The summed E-state index contributed by atoms with van der Waals surface area (Å²) in [5.74, 6) is 2.53. The number of hydrogen-bond donors (Lipinski definition) is 3. The number of piperidine rings is 2. The van der Waals surface area contributed by atoms with Crippen molar-refractivity contribution in [1.29, 1.82) is 0 Å². The molecule has 2 saturated carbocycles. The van der Waals surface area contributed by atoms with Gasteiger partial charge in [-0.3, -0.25) is 9.80 Å². The summed E-state index contributed by atoms with van der Waals surface area (Å²) in [7, 11) is 0. The summed E-state index contributed by atoms with van der Waals surface area (Å²) >= 11 is 0. The number of imidazole rings is 2. The number of benzene rings is 3. The second kappa shape index (κ2) is 10.4. The van der Waals surface area contributed by atoms with E-state index in [0.717, 1.165) is 81.7 Å². The fourth-order valence-corrected chi connectivity index (χ4v) is 7.99. The lowest BCUT2D eigenvalue weighted by Crippen LogP contribution is -2.38. The van der Waals surface area contributed by atoms with Crippen LogP contribution in [0.5, 0.6) is 0 Å². The van der Waals surface area contributed by atoms with Gasteiger partial charge >= 0.3 is 12.2 Å². The highest BCUT2D eigenvalue weighted by Gasteiger charge is 2.57. The fourth-order valence-electron chi connectivity index (χ4n) is 7.99. The lowest BCUT2D eigenvalue weighted by molar-refractivity contribution is 0.0175. The van der Waals surface area contributed by atoms with Crippen molar-refractivity contribution in [3.8, 4) is 33.6 Å². The number of carbonyl (C=O) groups excluding carboxylic acids is 1. The number of carbonyl (C=O) groups is 2. The highest BCUT2D eigenvalue weighted by molar-refractivity contribution is 5.90. The first-order chi connectivity index (χ1) is 23.1. The number of rotatable bonds is 5. The Labute approximate surface area is 278 Å². The summed E-state index contributed by atoms with van der Waals surface area (Å²) in [5.41, 5.74) is 5.48. The van der Waals surface area contributed by atoms with Crippen LogP contribution in [0.1, 0.15) is 70.2 Å². The standard InChI is InChI=1S/C38H38N6O4/c1-38(2,3)48-37(47)44-31-15-27(31)17-33(44)35-40-19-29(42-35)25-11-10-23-12-22(8-9-24(23)13-25)20-4-6-21(7-5-20)28-18-39-34(41-28)32-16-26-14-30(26)43(32)36(45)46/h4-13,18-19,26-27,30-33H,14-17H2,1-3H3,(H,39,41)(H,40,42)(H,45,46)/t26?,27-,30?,31-,32?,33+/m1/s1. The Morgan fingerprint density at radius 1 is 0.792 bits per heavy atom. The van der Waals surface area contributed by atoms with Crippen LogP contribution in [-0.2, 0) is 4.74 Å². The third-order valence-electron chi connectivity index (χ3n) is 10.5. The Morgan fingerprint density at radius 2 is 1.40 bits per heavy atom. The van der Waals surface area contributed by atoms with Gasteiger partial charge in [-0.1, -0.05) is 48.5 Å². The van der Waals surface area contributed by atoms with Gasteiger partial charge in [0.25, 0.3) is 0 Å². The minimum atomic E-state index is -0.863. The molecule has 3 N–H and O–H groups in total. The number of amides is 2. The number of ether oxygens (including phenoxy) is 1. The van der Waals surface area contributed by atoms with E-state index in [9.17, 15) is 14.7 Å². The molecule has 9 rings (SSSR count). The molecule has 2 saturated heterocycles. The maximum atomic E-state index is 13.0. The van der Waals surface area contributed by atoms with Gasteiger partial charge in [-0.2, -0.15) is 0 Å². The van der Waals surface area contributed by atoms with Gasteiger partial charge in [-0.05, 0) is 97.9 Å². The minimum absolute atomic E-state index is 0.0952. The number of aromatic nitrogens is 4. The van der Waals surface area contributed by atoms with Crippen LogP contribution in [0.4, 0.5) is 9.59 Å². The molecule has 10 heteroatoms. The molecule has 5 aromatic rings. The SMILES string of the molecule is CC(C)(C)OC(=O)N1[C@@H]2C[C@@H]2C[C@H]1c1nc(-c2ccc3cc(-c4ccc(-c5cnc(C6CC7CC7N6C(=O)O)[nH]5)cc4)ccc3c2)c[nH]1. The van der Waals surface area contributed by atoms with Crippen LogP contribution in [-0.4, -0.2) is 64.7 Å². The lowest BCUT2D eigenvalue weighted by atomic mass is 9.98. The van der Waals surface area contributed by atoms with E-state index in [0.29, 0.717) is 11.8 Å². The molecule has 2 aliphatic heterocycles. The Morgan fingerprint density at radius 3 is 2.08 bits per heavy atom. The van der Waals surface area contributed by atoms with Gasteiger partial charge in [0.1, 0.15) is 17.2 Å². The van der Waals surface area contributed by atoms with Gasteiger partial charge in [0.05, 0.1) is 29.7 Å². The van der Waals surface area contributed by atoms with Gasteiger partial charge < -0.3 is 19.8 Å². The molecule has 0 radical (unpaired) electrons. The first kappa shape index (κ1) is 29.1. The van der Waals surface area contributed by atoms with E-state index in [1.165, 1.54) is 0 Å². The molecule has 3 unspecified atom stereocenters. The number of likely N-dealkylation sites (tertiary alicyclic amines) is 2. The van der Waals surface area contributed by atoms with Crippen molar-refractivity contribution in [2.24, 2.45) is 11.8 Å².